The minimum absolute atomic E-state index is 0.350. The fourth-order valence-electron chi connectivity index (χ4n) is 4.45. The van der Waals surface area contributed by atoms with Gasteiger partial charge in [0.2, 0.25) is 0 Å². The van der Waals surface area contributed by atoms with Gasteiger partial charge in [-0.1, -0.05) is 30.3 Å². The summed E-state index contributed by atoms with van der Waals surface area (Å²) in [5.41, 5.74) is 3.17. The fourth-order valence-corrected chi connectivity index (χ4v) is 4.45. The molecule has 116 valence electrons. The third kappa shape index (κ3) is 2.29. The van der Waals surface area contributed by atoms with Crippen LogP contribution in [0.1, 0.15) is 24.0 Å². The van der Waals surface area contributed by atoms with Crippen molar-refractivity contribution < 1.29 is 4.42 Å². The zero-order valence-electron chi connectivity index (χ0n) is 13.2. The normalized spacial score (nSPS) is 29.6. The van der Waals surface area contributed by atoms with Crippen LogP contribution in [-0.2, 0) is 12.0 Å². The molecular formula is C19H24N2O. The SMILES string of the molecule is CN1CC[C@@]2(c3ccccc3)CCN(Cc3ccoc3)C[C@@H]12. The molecule has 22 heavy (non-hydrogen) atoms. The van der Waals surface area contributed by atoms with Crippen molar-refractivity contribution in [2.75, 3.05) is 26.7 Å². The molecule has 0 radical (unpaired) electrons. The first-order valence-electron chi connectivity index (χ1n) is 8.27. The van der Waals surface area contributed by atoms with E-state index in [1.807, 2.05) is 6.26 Å². The van der Waals surface area contributed by atoms with Gasteiger partial charge in [0, 0.05) is 30.1 Å². The molecule has 3 nitrogen and oxygen atoms in total. The molecule has 3 heteroatoms. The molecule has 0 aliphatic carbocycles. The molecule has 2 aliphatic heterocycles. The highest BCUT2D eigenvalue weighted by atomic mass is 16.3. The maximum Gasteiger partial charge on any atom is 0.0947 e. The van der Waals surface area contributed by atoms with E-state index in [1.165, 1.54) is 37.1 Å². The van der Waals surface area contributed by atoms with Gasteiger partial charge in [-0.3, -0.25) is 4.90 Å². The Morgan fingerprint density at radius 3 is 2.73 bits per heavy atom. The molecule has 1 aromatic heterocycles. The molecule has 0 spiro atoms. The van der Waals surface area contributed by atoms with Gasteiger partial charge in [-0.2, -0.15) is 0 Å². The van der Waals surface area contributed by atoms with Crippen LogP contribution in [0.5, 0.6) is 0 Å². The van der Waals surface area contributed by atoms with Gasteiger partial charge in [0.25, 0.3) is 0 Å². The topological polar surface area (TPSA) is 19.6 Å². The van der Waals surface area contributed by atoms with E-state index in [-0.39, 0.29) is 0 Å². The van der Waals surface area contributed by atoms with Gasteiger partial charge in [0.15, 0.2) is 0 Å². The predicted molar refractivity (Wildman–Crippen MR) is 87.8 cm³/mol. The smallest absolute Gasteiger partial charge is 0.0947 e. The van der Waals surface area contributed by atoms with Crippen LogP contribution in [0.15, 0.2) is 53.3 Å². The standard InChI is InChI=1S/C19H24N2O/c1-20-10-8-19(17-5-3-2-4-6-17)9-11-21(14-18(19)20)13-16-7-12-22-15-16/h2-7,12,15,18H,8-11,13-14H2,1H3/t18-,19+/m1/s1. The minimum atomic E-state index is 0.350. The van der Waals surface area contributed by atoms with E-state index in [0.717, 1.165) is 13.1 Å². The lowest BCUT2D eigenvalue weighted by Crippen LogP contribution is -2.54. The molecular weight excluding hydrogens is 272 g/mol. The fraction of sp³-hybridized carbons (Fsp3) is 0.474. The highest BCUT2D eigenvalue weighted by molar-refractivity contribution is 5.31. The Hall–Kier alpha value is -1.58. The molecule has 2 saturated heterocycles. The van der Waals surface area contributed by atoms with Gasteiger partial charge >= 0.3 is 0 Å². The summed E-state index contributed by atoms with van der Waals surface area (Å²) in [6.07, 6.45) is 6.19. The Morgan fingerprint density at radius 2 is 1.95 bits per heavy atom. The largest absolute Gasteiger partial charge is 0.472 e. The number of furan rings is 1. The summed E-state index contributed by atoms with van der Waals surface area (Å²) in [6, 6.07) is 13.9. The second-order valence-electron chi connectivity index (χ2n) is 6.89. The second-order valence-corrected chi connectivity index (χ2v) is 6.89. The van der Waals surface area contributed by atoms with Gasteiger partial charge in [-0.15, -0.1) is 0 Å². The van der Waals surface area contributed by atoms with E-state index in [2.05, 4.69) is 53.2 Å². The van der Waals surface area contributed by atoms with Crippen molar-refractivity contribution in [1.82, 2.24) is 9.80 Å². The van der Waals surface area contributed by atoms with Crippen molar-refractivity contribution in [2.24, 2.45) is 0 Å². The lowest BCUT2D eigenvalue weighted by molar-refractivity contribution is 0.0916. The first-order chi connectivity index (χ1) is 10.8. The van der Waals surface area contributed by atoms with Crippen LogP contribution in [0.4, 0.5) is 0 Å². The lowest BCUT2D eigenvalue weighted by atomic mass is 9.69. The number of hydrogen-bond donors (Lipinski definition) is 0. The van der Waals surface area contributed by atoms with Crippen molar-refractivity contribution in [2.45, 2.75) is 30.8 Å². The van der Waals surface area contributed by atoms with Gasteiger partial charge in [-0.25, -0.2) is 0 Å². The summed E-state index contributed by atoms with van der Waals surface area (Å²) in [7, 11) is 2.29. The van der Waals surface area contributed by atoms with Crippen molar-refractivity contribution in [1.29, 1.82) is 0 Å². The second kappa shape index (κ2) is 5.56. The Labute approximate surface area is 132 Å². The Bertz CT molecular complexity index is 610. The van der Waals surface area contributed by atoms with Gasteiger partial charge < -0.3 is 9.32 Å². The third-order valence-corrected chi connectivity index (χ3v) is 5.72. The zero-order valence-corrected chi connectivity index (χ0v) is 13.2. The molecule has 0 unspecified atom stereocenters. The van der Waals surface area contributed by atoms with Crippen LogP contribution in [0.2, 0.25) is 0 Å². The molecule has 2 atom stereocenters. The first-order valence-corrected chi connectivity index (χ1v) is 8.27. The number of nitrogens with zero attached hydrogens (tertiary/aromatic N) is 2. The molecule has 0 bridgehead atoms. The van der Waals surface area contributed by atoms with Crippen molar-refractivity contribution >= 4 is 0 Å². The predicted octanol–water partition coefficient (Wildman–Crippen LogP) is 3.13. The summed E-state index contributed by atoms with van der Waals surface area (Å²) in [5, 5.41) is 0. The minimum Gasteiger partial charge on any atom is -0.472 e. The Balaban J connectivity index is 1.57. The third-order valence-electron chi connectivity index (χ3n) is 5.72. The molecule has 2 aliphatic rings. The van der Waals surface area contributed by atoms with Crippen molar-refractivity contribution in [3.05, 3.63) is 60.1 Å². The number of rotatable bonds is 3. The monoisotopic (exact) mass is 296 g/mol. The highest BCUT2D eigenvalue weighted by Crippen LogP contribution is 2.45. The van der Waals surface area contributed by atoms with Crippen LogP contribution in [0, 0.1) is 0 Å². The van der Waals surface area contributed by atoms with E-state index in [9.17, 15) is 0 Å². The summed E-state index contributed by atoms with van der Waals surface area (Å²) < 4.78 is 5.22. The average Bonchev–Trinajstić information content (AvgIpc) is 3.18. The molecule has 0 N–H and O–H groups in total. The number of hydrogen-bond acceptors (Lipinski definition) is 3. The molecule has 3 heterocycles. The molecule has 0 amide bonds. The Kier molecular flexibility index (Phi) is 3.55. The Morgan fingerprint density at radius 1 is 1.14 bits per heavy atom. The van der Waals surface area contributed by atoms with Crippen LogP contribution < -0.4 is 0 Å². The van der Waals surface area contributed by atoms with Crippen LogP contribution >= 0.6 is 0 Å². The average molecular weight is 296 g/mol. The van der Waals surface area contributed by atoms with Crippen LogP contribution in [0.3, 0.4) is 0 Å². The van der Waals surface area contributed by atoms with E-state index >= 15 is 0 Å². The lowest BCUT2D eigenvalue weighted by Gasteiger charge is -2.46. The van der Waals surface area contributed by atoms with E-state index in [1.54, 1.807) is 6.26 Å². The molecule has 1 aromatic carbocycles. The molecule has 4 rings (SSSR count). The van der Waals surface area contributed by atoms with E-state index in [4.69, 9.17) is 4.42 Å². The maximum atomic E-state index is 5.22. The first kappa shape index (κ1) is 14.0. The number of likely N-dealkylation sites (N-methyl/N-ethyl adjacent to an activating group) is 1. The summed E-state index contributed by atoms with van der Waals surface area (Å²) in [5.74, 6) is 0. The molecule has 2 aromatic rings. The van der Waals surface area contributed by atoms with Crippen LogP contribution in [-0.4, -0.2) is 42.5 Å². The van der Waals surface area contributed by atoms with E-state index in [0.29, 0.717) is 11.5 Å². The number of fused-ring (bicyclic) bond motifs is 1. The summed E-state index contributed by atoms with van der Waals surface area (Å²) in [4.78, 5) is 5.15. The quantitative estimate of drug-likeness (QED) is 0.867. The van der Waals surface area contributed by atoms with Gasteiger partial charge in [-0.05, 0) is 44.6 Å². The van der Waals surface area contributed by atoms with Crippen LogP contribution in [0.25, 0.3) is 0 Å². The number of benzene rings is 1. The summed E-state index contributed by atoms with van der Waals surface area (Å²) in [6.45, 7) is 4.53. The highest BCUT2D eigenvalue weighted by Gasteiger charge is 2.49. The number of piperidine rings is 1. The maximum absolute atomic E-state index is 5.22. The summed E-state index contributed by atoms with van der Waals surface area (Å²) >= 11 is 0. The van der Waals surface area contributed by atoms with Crippen molar-refractivity contribution in [3.63, 3.8) is 0 Å². The molecule has 0 saturated carbocycles. The van der Waals surface area contributed by atoms with Crippen molar-refractivity contribution in [3.8, 4) is 0 Å². The van der Waals surface area contributed by atoms with Gasteiger partial charge in [0.05, 0.1) is 12.5 Å². The number of likely N-dealkylation sites (tertiary alicyclic amines) is 2. The van der Waals surface area contributed by atoms with Gasteiger partial charge in [0.1, 0.15) is 0 Å². The zero-order chi connectivity index (χ0) is 15.0. The molecule has 2 fully saturated rings. The van der Waals surface area contributed by atoms with E-state index < -0.39 is 0 Å².